The lowest BCUT2D eigenvalue weighted by Crippen LogP contribution is -2.23. The van der Waals surface area contributed by atoms with Crippen LogP contribution in [0.5, 0.6) is 11.5 Å². The largest absolute Gasteiger partial charge is 0.493 e. The van der Waals surface area contributed by atoms with E-state index in [-0.39, 0.29) is 18.2 Å². The quantitative estimate of drug-likeness (QED) is 0.673. The van der Waals surface area contributed by atoms with Crippen LogP contribution in [0.1, 0.15) is 33.2 Å². The van der Waals surface area contributed by atoms with Crippen LogP contribution >= 0.6 is 0 Å². The molecule has 0 heterocycles. The first-order chi connectivity index (χ1) is 12.0. The van der Waals surface area contributed by atoms with Crippen molar-refractivity contribution in [1.82, 2.24) is 5.32 Å². The van der Waals surface area contributed by atoms with Crippen molar-refractivity contribution in [2.24, 2.45) is 0 Å². The summed E-state index contributed by atoms with van der Waals surface area (Å²) < 4.78 is 10.3. The smallest absolute Gasteiger partial charge is 0.252 e. The average Bonchev–Trinajstić information content (AvgIpc) is 2.64. The Morgan fingerprint density at radius 1 is 0.960 bits per heavy atom. The highest BCUT2D eigenvalue weighted by Gasteiger charge is 2.09. The van der Waals surface area contributed by atoms with Crippen molar-refractivity contribution in [3.05, 3.63) is 59.2 Å². The zero-order valence-corrected chi connectivity index (χ0v) is 14.4. The summed E-state index contributed by atoms with van der Waals surface area (Å²) in [5.41, 5.74) is 1.89. The van der Waals surface area contributed by atoms with Gasteiger partial charge >= 0.3 is 0 Å². The van der Waals surface area contributed by atoms with Crippen LogP contribution in [0.2, 0.25) is 0 Å². The first kappa shape index (κ1) is 18.1. The molecule has 0 aromatic heterocycles. The molecule has 0 saturated carbocycles. The third kappa shape index (κ3) is 4.85. The lowest BCUT2D eigenvalue weighted by molar-refractivity contribution is 0.0957. The number of ether oxygens (including phenoxy) is 2. The molecule has 2 aromatic rings. The van der Waals surface area contributed by atoms with Gasteiger partial charge in [-0.05, 0) is 37.3 Å². The lowest BCUT2D eigenvalue weighted by atomic mass is 10.1. The summed E-state index contributed by atoms with van der Waals surface area (Å²) in [7, 11) is 3.05. The van der Waals surface area contributed by atoms with E-state index in [0.717, 1.165) is 5.56 Å². The zero-order valence-electron chi connectivity index (χ0n) is 14.4. The molecule has 5 nitrogen and oxygen atoms in total. The van der Waals surface area contributed by atoms with Crippen LogP contribution in [0.25, 0.3) is 0 Å². The summed E-state index contributed by atoms with van der Waals surface area (Å²) in [6.07, 6.45) is 0. The maximum Gasteiger partial charge on any atom is 0.252 e. The molecule has 0 atom stereocenters. The van der Waals surface area contributed by atoms with Crippen molar-refractivity contribution in [1.29, 1.82) is 0 Å². The highest BCUT2D eigenvalue weighted by Crippen LogP contribution is 2.27. The van der Waals surface area contributed by atoms with Crippen molar-refractivity contribution >= 4 is 11.7 Å². The predicted molar refractivity (Wildman–Crippen MR) is 95.2 cm³/mol. The third-order valence-corrected chi connectivity index (χ3v) is 3.51. The number of nitrogens with one attached hydrogen (secondary N) is 1. The van der Waals surface area contributed by atoms with Crippen LogP contribution < -0.4 is 14.8 Å². The Balaban J connectivity index is 1.96. The van der Waals surface area contributed by atoms with Gasteiger partial charge < -0.3 is 14.8 Å². The molecule has 2 aromatic carbocycles. The van der Waals surface area contributed by atoms with Crippen molar-refractivity contribution in [3.8, 4) is 23.3 Å². The molecule has 0 saturated heterocycles. The van der Waals surface area contributed by atoms with Crippen LogP contribution in [-0.2, 0) is 0 Å². The average molecular weight is 337 g/mol. The summed E-state index contributed by atoms with van der Waals surface area (Å²) >= 11 is 0. The molecule has 0 radical (unpaired) electrons. The Labute approximate surface area is 147 Å². The SMILES string of the molecule is COc1ccc(C(=O)NCC#Cc2ccc(C(C)=O)cc2)cc1OC. The topological polar surface area (TPSA) is 64.6 Å². The number of rotatable bonds is 5. The van der Waals surface area contributed by atoms with Crippen LogP contribution in [-0.4, -0.2) is 32.5 Å². The van der Waals surface area contributed by atoms with E-state index >= 15 is 0 Å². The van der Waals surface area contributed by atoms with E-state index in [1.54, 1.807) is 42.5 Å². The fourth-order valence-corrected chi connectivity index (χ4v) is 2.14. The number of carbonyl (C=O) groups is 2. The number of amides is 1. The number of benzene rings is 2. The van der Waals surface area contributed by atoms with Gasteiger partial charge in [-0.2, -0.15) is 0 Å². The van der Waals surface area contributed by atoms with E-state index in [1.165, 1.54) is 21.1 Å². The summed E-state index contributed by atoms with van der Waals surface area (Å²) in [6, 6.07) is 12.0. The third-order valence-electron chi connectivity index (χ3n) is 3.51. The predicted octanol–water partition coefficient (Wildman–Crippen LogP) is 2.69. The van der Waals surface area contributed by atoms with E-state index in [4.69, 9.17) is 9.47 Å². The van der Waals surface area contributed by atoms with Crippen LogP contribution in [0.3, 0.4) is 0 Å². The van der Waals surface area contributed by atoms with Gasteiger partial charge in [0.05, 0.1) is 20.8 Å². The van der Waals surface area contributed by atoms with Crippen LogP contribution in [0, 0.1) is 11.8 Å². The fraction of sp³-hybridized carbons (Fsp3) is 0.200. The second-order valence-electron chi connectivity index (χ2n) is 5.19. The Morgan fingerprint density at radius 3 is 2.20 bits per heavy atom. The summed E-state index contributed by atoms with van der Waals surface area (Å²) in [4.78, 5) is 23.3. The molecule has 0 fully saturated rings. The minimum atomic E-state index is -0.248. The molecule has 5 heteroatoms. The maximum atomic E-state index is 12.1. The molecule has 0 aliphatic heterocycles. The second-order valence-corrected chi connectivity index (χ2v) is 5.19. The number of hydrogen-bond acceptors (Lipinski definition) is 4. The van der Waals surface area contributed by atoms with Gasteiger partial charge in [0, 0.05) is 16.7 Å². The van der Waals surface area contributed by atoms with Gasteiger partial charge in [0.15, 0.2) is 17.3 Å². The number of ketones is 1. The molecule has 0 aliphatic carbocycles. The van der Waals surface area contributed by atoms with E-state index in [2.05, 4.69) is 17.2 Å². The standard InChI is InChI=1S/C20H19NO4/c1-14(22)16-8-6-15(7-9-16)5-4-12-21-20(23)17-10-11-18(24-2)19(13-17)25-3/h6-11,13H,12H2,1-3H3,(H,21,23). The minimum absolute atomic E-state index is 0.0155. The number of methoxy groups -OCH3 is 2. The van der Waals surface area contributed by atoms with Gasteiger partial charge in [-0.15, -0.1) is 0 Å². The summed E-state index contributed by atoms with van der Waals surface area (Å²) in [5.74, 6) is 6.64. The lowest BCUT2D eigenvalue weighted by Gasteiger charge is -2.09. The van der Waals surface area contributed by atoms with Gasteiger partial charge in [-0.25, -0.2) is 0 Å². The summed E-state index contributed by atoms with van der Waals surface area (Å²) in [5, 5.41) is 2.72. The normalized spacial score (nSPS) is 9.56. The van der Waals surface area contributed by atoms with Gasteiger partial charge in [-0.1, -0.05) is 24.0 Å². The molecule has 0 aliphatic rings. The van der Waals surface area contributed by atoms with E-state index < -0.39 is 0 Å². The molecule has 128 valence electrons. The van der Waals surface area contributed by atoms with E-state index in [0.29, 0.717) is 22.6 Å². The molecule has 25 heavy (non-hydrogen) atoms. The van der Waals surface area contributed by atoms with E-state index in [9.17, 15) is 9.59 Å². The number of carbonyl (C=O) groups excluding carboxylic acids is 2. The van der Waals surface area contributed by atoms with Crippen molar-refractivity contribution in [2.45, 2.75) is 6.92 Å². The first-order valence-electron chi connectivity index (χ1n) is 7.65. The molecule has 0 spiro atoms. The monoisotopic (exact) mass is 337 g/mol. The number of hydrogen-bond donors (Lipinski definition) is 1. The van der Waals surface area contributed by atoms with Gasteiger partial charge in [0.1, 0.15) is 0 Å². The summed E-state index contributed by atoms with van der Waals surface area (Å²) in [6.45, 7) is 1.73. The van der Waals surface area contributed by atoms with Crippen molar-refractivity contribution < 1.29 is 19.1 Å². The van der Waals surface area contributed by atoms with Crippen molar-refractivity contribution in [2.75, 3.05) is 20.8 Å². The number of Topliss-reactive ketones (excluding diaryl/α,β-unsaturated/α-hetero) is 1. The highest BCUT2D eigenvalue weighted by atomic mass is 16.5. The van der Waals surface area contributed by atoms with Gasteiger partial charge in [0.2, 0.25) is 0 Å². The van der Waals surface area contributed by atoms with Crippen molar-refractivity contribution in [3.63, 3.8) is 0 Å². The molecular formula is C20H19NO4. The minimum Gasteiger partial charge on any atom is -0.493 e. The zero-order chi connectivity index (χ0) is 18.2. The van der Waals surface area contributed by atoms with Crippen LogP contribution in [0.15, 0.2) is 42.5 Å². The molecule has 2 rings (SSSR count). The Hall–Kier alpha value is -3.26. The second kappa shape index (κ2) is 8.55. The van der Waals surface area contributed by atoms with Gasteiger partial charge in [0.25, 0.3) is 5.91 Å². The van der Waals surface area contributed by atoms with Gasteiger partial charge in [-0.3, -0.25) is 9.59 Å². The Bertz CT molecular complexity index is 829. The highest BCUT2D eigenvalue weighted by molar-refractivity contribution is 5.95. The van der Waals surface area contributed by atoms with E-state index in [1.807, 2.05) is 0 Å². The molecule has 1 N–H and O–H groups in total. The Morgan fingerprint density at radius 2 is 1.60 bits per heavy atom. The molecule has 1 amide bonds. The first-order valence-corrected chi connectivity index (χ1v) is 7.65. The maximum absolute atomic E-state index is 12.1. The fourth-order valence-electron chi connectivity index (χ4n) is 2.14. The molecule has 0 bridgehead atoms. The van der Waals surface area contributed by atoms with Crippen LogP contribution in [0.4, 0.5) is 0 Å². The molecule has 0 unspecified atom stereocenters. The Kier molecular flexibility index (Phi) is 6.19. The molecular weight excluding hydrogens is 318 g/mol.